The summed E-state index contributed by atoms with van der Waals surface area (Å²) < 4.78 is 0. The Kier molecular flexibility index (Phi) is 2.76. The van der Waals surface area contributed by atoms with Crippen molar-refractivity contribution >= 4 is 6.03 Å². The van der Waals surface area contributed by atoms with Crippen LogP contribution in [0.3, 0.4) is 0 Å². The van der Waals surface area contributed by atoms with Crippen molar-refractivity contribution in [1.82, 2.24) is 15.2 Å². The summed E-state index contributed by atoms with van der Waals surface area (Å²) >= 11 is 0. The van der Waals surface area contributed by atoms with E-state index in [0.29, 0.717) is 13.1 Å². The van der Waals surface area contributed by atoms with Gasteiger partial charge in [0, 0.05) is 37.9 Å². The van der Waals surface area contributed by atoms with Gasteiger partial charge in [-0.3, -0.25) is 0 Å². The molecule has 4 heteroatoms. The van der Waals surface area contributed by atoms with Crippen LogP contribution in [-0.2, 0) is 13.0 Å². The molecule has 0 radical (unpaired) electrons. The van der Waals surface area contributed by atoms with Crippen molar-refractivity contribution in [2.75, 3.05) is 13.1 Å². The number of amides is 2. The maximum atomic E-state index is 11.6. The molecular formula is C11H15N3O. The summed E-state index contributed by atoms with van der Waals surface area (Å²) in [5, 5.41) is 2.78. The van der Waals surface area contributed by atoms with Gasteiger partial charge < -0.3 is 15.2 Å². The van der Waals surface area contributed by atoms with Crippen LogP contribution in [0, 0.1) is 0 Å². The fourth-order valence-electron chi connectivity index (χ4n) is 1.79. The molecule has 0 aromatic carbocycles. The lowest BCUT2D eigenvalue weighted by Gasteiger charge is -2.26. The van der Waals surface area contributed by atoms with Crippen molar-refractivity contribution < 1.29 is 4.79 Å². The van der Waals surface area contributed by atoms with Gasteiger partial charge in [0.1, 0.15) is 0 Å². The molecule has 1 aromatic rings. The minimum atomic E-state index is -0.0123. The van der Waals surface area contributed by atoms with Gasteiger partial charge in [-0.05, 0) is 11.6 Å². The normalized spacial score (nSPS) is 14.5. The predicted octanol–water partition coefficient (Wildman–Crippen LogP) is 1.27. The average molecular weight is 205 g/mol. The summed E-state index contributed by atoms with van der Waals surface area (Å²) in [5.41, 5.74) is 2.47. The van der Waals surface area contributed by atoms with Crippen molar-refractivity contribution in [3.05, 3.63) is 36.2 Å². The molecule has 15 heavy (non-hydrogen) atoms. The number of hydrogen-bond donors (Lipinski definition) is 2. The van der Waals surface area contributed by atoms with Crippen LogP contribution in [0.5, 0.6) is 0 Å². The Morgan fingerprint density at radius 1 is 1.73 bits per heavy atom. The van der Waals surface area contributed by atoms with Gasteiger partial charge in [0.2, 0.25) is 0 Å². The predicted molar refractivity (Wildman–Crippen MR) is 58.5 cm³/mol. The van der Waals surface area contributed by atoms with E-state index in [9.17, 15) is 4.79 Å². The Morgan fingerprint density at radius 3 is 3.40 bits per heavy atom. The molecule has 2 N–H and O–H groups in total. The third-order valence-corrected chi connectivity index (χ3v) is 2.61. The highest BCUT2D eigenvalue weighted by Crippen LogP contribution is 2.16. The molecule has 0 saturated carbocycles. The molecule has 1 aliphatic heterocycles. The number of H-pyrrole nitrogens is 1. The Morgan fingerprint density at radius 2 is 2.60 bits per heavy atom. The van der Waals surface area contributed by atoms with Gasteiger partial charge in [0.15, 0.2) is 0 Å². The SMILES string of the molecule is C=CCNC(=O)N1CCc2[nH]ccc2C1. The van der Waals surface area contributed by atoms with Crippen molar-refractivity contribution in [2.24, 2.45) is 0 Å². The lowest BCUT2D eigenvalue weighted by Crippen LogP contribution is -2.42. The molecule has 2 amide bonds. The Balaban J connectivity index is 1.97. The second-order valence-corrected chi connectivity index (χ2v) is 3.63. The van der Waals surface area contributed by atoms with Crippen molar-refractivity contribution in [3.8, 4) is 0 Å². The summed E-state index contributed by atoms with van der Waals surface area (Å²) in [6, 6.07) is 2.02. The highest BCUT2D eigenvalue weighted by Gasteiger charge is 2.20. The zero-order valence-corrected chi connectivity index (χ0v) is 8.62. The summed E-state index contributed by atoms with van der Waals surface area (Å²) in [4.78, 5) is 16.7. The number of hydrogen-bond acceptors (Lipinski definition) is 1. The first-order chi connectivity index (χ1) is 7.31. The van der Waals surface area contributed by atoms with Crippen molar-refractivity contribution in [3.63, 3.8) is 0 Å². The number of nitrogens with zero attached hydrogens (tertiary/aromatic N) is 1. The van der Waals surface area contributed by atoms with Crippen LogP contribution in [0.2, 0.25) is 0 Å². The zero-order valence-electron chi connectivity index (χ0n) is 8.62. The second-order valence-electron chi connectivity index (χ2n) is 3.63. The monoisotopic (exact) mass is 205 g/mol. The van der Waals surface area contributed by atoms with Gasteiger partial charge in [0.05, 0.1) is 0 Å². The molecule has 80 valence electrons. The van der Waals surface area contributed by atoms with Gasteiger partial charge >= 0.3 is 6.03 Å². The molecule has 1 aliphatic rings. The molecule has 2 heterocycles. The van der Waals surface area contributed by atoms with E-state index in [2.05, 4.69) is 16.9 Å². The van der Waals surface area contributed by atoms with Gasteiger partial charge in [0.25, 0.3) is 0 Å². The van der Waals surface area contributed by atoms with Crippen molar-refractivity contribution in [1.29, 1.82) is 0 Å². The molecular weight excluding hydrogens is 190 g/mol. The van der Waals surface area contributed by atoms with Crippen LogP contribution in [0.1, 0.15) is 11.3 Å². The molecule has 0 spiro atoms. The maximum Gasteiger partial charge on any atom is 0.317 e. The molecule has 0 unspecified atom stereocenters. The third-order valence-electron chi connectivity index (χ3n) is 2.61. The van der Waals surface area contributed by atoms with Crippen LogP contribution in [-0.4, -0.2) is 29.0 Å². The molecule has 0 atom stereocenters. The van der Waals surface area contributed by atoms with Gasteiger partial charge in [-0.15, -0.1) is 6.58 Å². The topological polar surface area (TPSA) is 48.1 Å². The van der Waals surface area contributed by atoms with Crippen LogP contribution in [0.4, 0.5) is 4.79 Å². The molecule has 1 aromatic heterocycles. The third kappa shape index (κ3) is 2.03. The van der Waals surface area contributed by atoms with E-state index in [0.717, 1.165) is 13.0 Å². The van der Waals surface area contributed by atoms with E-state index in [1.54, 1.807) is 6.08 Å². The largest absolute Gasteiger partial charge is 0.365 e. The van der Waals surface area contributed by atoms with Gasteiger partial charge in [-0.25, -0.2) is 4.79 Å². The first-order valence-electron chi connectivity index (χ1n) is 5.10. The van der Waals surface area contributed by atoms with Crippen LogP contribution in [0.15, 0.2) is 24.9 Å². The minimum absolute atomic E-state index is 0.0123. The van der Waals surface area contributed by atoms with Crippen LogP contribution >= 0.6 is 0 Å². The second kappa shape index (κ2) is 4.21. The van der Waals surface area contributed by atoms with Crippen LogP contribution < -0.4 is 5.32 Å². The lowest BCUT2D eigenvalue weighted by molar-refractivity contribution is 0.193. The number of aromatic nitrogens is 1. The van der Waals surface area contributed by atoms with E-state index in [1.165, 1.54) is 11.3 Å². The fraction of sp³-hybridized carbons (Fsp3) is 0.364. The first kappa shape index (κ1) is 9.83. The van der Waals surface area contributed by atoms with Gasteiger partial charge in [-0.2, -0.15) is 0 Å². The number of carbonyl (C=O) groups is 1. The molecule has 4 nitrogen and oxygen atoms in total. The summed E-state index contributed by atoms with van der Waals surface area (Å²) in [6.07, 6.45) is 4.52. The Bertz CT molecular complexity index is 370. The first-order valence-corrected chi connectivity index (χ1v) is 5.10. The van der Waals surface area contributed by atoms with Crippen molar-refractivity contribution in [2.45, 2.75) is 13.0 Å². The van der Waals surface area contributed by atoms with Gasteiger partial charge in [-0.1, -0.05) is 6.08 Å². The van der Waals surface area contributed by atoms with E-state index in [-0.39, 0.29) is 6.03 Å². The van der Waals surface area contributed by atoms with Crippen LogP contribution in [0.25, 0.3) is 0 Å². The minimum Gasteiger partial charge on any atom is -0.365 e. The number of rotatable bonds is 2. The summed E-state index contributed by atoms with van der Waals surface area (Å²) in [7, 11) is 0. The summed E-state index contributed by atoms with van der Waals surface area (Å²) in [5.74, 6) is 0. The smallest absolute Gasteiger partial charge is 0.317 e. The number of aromatic amines is 1. The molecule has 0 saturated heterocycles. The van der Waals surface area contributed by atoms with E-state index < -0.39 is 0 Å². The van der Waals surface area contributed by atoms with E-state index >= 15 is 0 Å². The number of urea groups is 1. The Labute approximate surface area is 89.0 Å². The molecule has 2 rings (SSSR count). The molecule has 0 aliphatic carbocycles. The fourth-order valence-corrected chi connectivity index (χ4v) is 1.79. The molecule has 0 bridgehead atoms. The highest BCUT2D eigenvalue weighted by atomic mass is 16.2. The highest BCUT2D eigenvalue weighted by molar-refractivity contribution is 5.74. The summed E-state index contributed by atoms with van der Waals surface area (Å²) in [6.45, 7) is 5.56. The number of carbonyl (C=O) groups excluding carboxylic acids is 1. The Hall–Kier alpha value is -1.71. The van der Waals surface area contributed by atoms with E-state index in [4.69, 9.17) is 0 Å². The quantitative estimate of drug-likeness (QED) is 0.702. The zero-order chi connectivity index (χ0) is 10.7. The molecule has 0 fully saturated rings. The number of fused-ring (bicyclic) bond motifs is 1. The lowest BCUT2D eigenvalue weighted by atomic mass is 10.1. The number of nitrogens with one attached hydrogen (secondary N) is 2. The van der Waals surface area contributed by atoms with E-state index in [1.807, 2.05) is 17.2 Å². The average Bonchev–Trinajstić information content (AvgIpc) is 2.72. The standard InChI is InChI=1S/C11H15N3O/c1-2-5-13-11(15)14-7-4-10-9(8-14)3-6-12-10/h2-3,6,12H,1,4-5,7-8H2,(H,13,15). The maximum absolute atomic E-state index is 11.6.